The summed E-state index contributed by atoms with van der Waals surface area (Å²) in [5, 5.41) is 0. The third kappa shape index (κ3) is 1.96. The summed E-state index contributed by atoms with van der Waals surface area (Å²) in [6.07, 6.45) is 1.04. The van der Waals surface area contributed by atoms with Crippen LogP contribution in [0, 0.1) is 11.8 Å². The Balaban J connectivity index is 2.00. The summed E-state index contributed by atoms with van der Waals surface area (Å²) in [5.74, 6) is 6.58. The van der Waals surface area contributed by atoms with Crippen LogP contribution in [0.3, 0.4) is 0 Å². The van der Waals surface area contributed by atoms with Crippen molar-refractivity contribution in [3.8, 4) is 11.8 Å². The fourth-order valence-corrected chi connectivity index (χ4v) is 2.35. The first-order valence-corrected chi connectivity index (χ1v) is 6.20. The van der Waals surface area contributed by atoms with Gasteiger partial charge in [0.15, 0.2) is 0 Å². The van der Waals surface area contributed by atoms with Crippen molar-refractivity contribution in [1.82, 2.24) is 0 Å². The Bertz CT molecular complexity index is 664. The minimum Gasteiger partial charge on any atom is -0.0622 e. The Hall–Kier alpha value is -2.26. The number of rotatable bonds is 0. The first-order chi connectivity index (χ1) is 8.84. The molecule has 0 amide bonds. The van der Waals surface area contributed by atoms with Gasteiger partial charge in [0.1, 0.15) is 0 Å². The highest BCUT2D eigenvalue weighted by atomic mass is 14.2. The van der Waals surface area contributed by atoms with Crippen LogP contribution in [0.25, 0.3) is 5.57 Å². The molecule has 0 N–H and O–H groups in total. The van der Waals surface area contributed by atoms with Gasteiger partial charge in [-0.25, -0.2) is 0 Å². The molecule has 0 radical (unpaired) electrons. The lowest BCUT2D eigenvalue weighted by molar-refractivity contribution is 1.19. The minimum absolute atomic E-state index is 1.04. The van der Waals surface area contributed by atoms with E-state index in [-0.39, 0.29) is 0 Å². The molecule has 2 aromatic rings. The molecule has 0 heteroatoms. The second kappa shape index (κ2) is 4.55. The van der Waals surface area contributed by atoms with Crippen molar-refractivity contribution >= 4 is 5.57 Å². The molecule has 86 valence electrons. The van der Waals surface area contributed by atoms with Gasteiger partial charge in [0.25, 0.3) is 0 Å². The molecular weight excluding hydrogens is 216 g/mol. The molecule has 0 bridgehead atoms. The van der Waals surface area contributed by atoms with Crippen LogP contribution >= 0.6 is 0 Å². The maximum atomic E-state index is 3.33. The highest BCUT2D eigenvalue weighted by molar-refractivity contribution is 5.86. The molecule has 0 spiro atoms. The summed E-state index contributed by atoms with van der Waals surface area (Å²) in [7, 11) is 0. The van der Waals surface area contributed by atoms with Crippen LogP contribution in [-0.4, -0.2) is 0 Å². The van der Waals surface area contributed by atoms with Gasteiger partial charge in [-0.1, -0.05) is 59.9 Å². The smallest absolute Gasteiger partial charge is 0.0316 e. The lowest BCUT2D eigenvalue weighted by atomic mass is 10.1. The Morgan fingerprint density at radius 2 is 1.56 bits per heavy atom. The van der Waals surface area contributed by atoms with Gasteiger partial charge >= 0.3 is 0 Å². The van der Waals surface area contributed by atoms with Gasteiger partial charge in [0.2, 0.25) is 0 Å². The summed E-state index contributed by atoms with van der Waals surface area (Å²) < 4.78 is 0. The zero-order chi connectivity index (χ0) is 12.4. The molecule has 0 nitrogen and oxygen atoms in total. The summed E-state index contributed by atoms with van der Waals surface area (Å²) >= 11 is 0. The molecule has 0 fully saturated rings. The standard InChI is InChI=1S/C18H14/c1-14-13-16-9-5-6-10-18(16)17(14)12-11-15-7-3-2-4-8-15/h2-10H,13H2,1H3. The molecule has 18 heavy (non-hydrogen) atoms. The normalized spacial score (nSPS) is 12.9. The van der Waals surface area contributed by atoms with E-state index >= 15 is 0 Å². The molecule has 3 rings (SSSR count). The molecule has 0 saturated carbocycles. The number of hydrogen-bond acceptors (Lipinski definition) is 0. The maximum Gasteiger partial charge on any atom is 0.0316 e. The van der Waals surface area contributed by atoms with E-state index in [1.54, 1.807) is 0 Å². The maximum absolute atomic E-state index is 3.33. The van der Waals surface area contributed by atoms with Crippen LogP contribution in [0.5, 0.6) is 0 Å². The van der Waals surface area contributed by atoms with Crippen LogP contribution < -0.4 is 0 Å². The number of fused-ring (bicyclic) bond motifs is 1. The van der Waals surface area contributed by atoms with E-state index in [9.17, 15) is 0 Å². The molecule has 0 saturated heterocycles. The zero-order valence-electron chi connectivity index (χ0n) is 10.4. The van der Waals surface area contributed by atoms with Crippen LogP contribution in [0.15, 0.2) is 60.2 Å². The summed E-state index contributed by atoms with van der Waals surface area (Å²) in [6.45, 7) is 2.18. The average molecular weight is 230 g/mol. The van der Waals surface area contributed by atoms with Gasteiger partial charge in [0.05, 0.1) is 0 Å². The summed E-state index contributed by atoms with van der Waals surface area (Å²) in [6, 6.07) is 18.7. The Labute approximate surface area is 108 Å². The predicted octanol–water partition coefficient (Wildman–Crippen LogP) is 4.07. The lowest BCUT2D eigenvalue weighted by Crippen LogP contribution is -1.81. The van der Waals surface area contributed by atoms with Crippen molar-refractivity contribution in [1.29, 1.82) is 0 Å². The van der Waals surface area contributed by atoms with Crippen molar-refractivity contribution < 1.29 is 0 Å². The lowest BCUT2D eigenvalue weighted by Gasteiger charge is -1.98. The third-order valence-electron chi connectivity index (χ3n) is 3.27. The molecule has 0 aliphatic heterocycles. The van der Waals surface area contributed by atoms with E-state index in [2.05, 4.69) is 43.0 Å². The van der Waals surface area contributed by atoms with Gasteiger partial charge in [-0.05, 0) is 36.6 Å². The quantitative estimate of drug-likeness (QED) is 0.598. The summed E-state index contributed by atoms with van der Waals surface area (Å²) in [4.78, 5) is 0. The minimum atomic E-state index is 1.04. The van der Waals surface area contributed by atoms with E-state index in [0.29, 0.717) is 0 Å². The van der Waals surface area contributed by atoms with Crippen LogP contribution in [-0.2, 0) is 6.42 Å². The van der Waals surface area contributed by atoms with Gasteiger partial charge < -0.3 is 0 Å². The Morgan fingerprint density at radius 3 is 2.39 bits per heavy atom. The Morgan fingerprint density at radius 1 is 0.833 bits per heavy atom. The SMILES string of the molecule is CC1=C(C#Cc2ccccc2)c2ccccc2C1. The topological polar surface area (TPSA) is 0 Å². The van der Waals surface area contributed by atoms with Crippen molar-refractivity contribution in [2.24, 2.45) is 0 Å². The zero-order valence-corrected chi connectivity index (χ0v) is 10.4. The van der Waals surface area contributed by atoms with Crippen molar-refractivity contribution in [3.05, 3.63) is 76.9 Å². The molecule has 0 atom stereocenters. The molecule has 0 aromatic heterocycles. The van der Waals surface area contributed by atoms with Crippen LogP contribution in [0.2, 0.25) is 0 Å². The first-order valence-electron chi connectivity index (χ1n) is 6.20. The van der Waals surface area contributed by atoms with E-state index in [0.717, 1.165) is 12.0 Å². The van der Waals surface area contributed by atoms with Gasteiger partial charge in [0, 0.05) is 11.1 Å². The summed E-state index contributed by atoms with van der Waals surface area (Å²) in [5.41, 5.74) is 6.35. The van der Waals surface area contributed by atoms with Crippen molar-refractivity contribution in [3.63, 3.8) is 0 Å². The van der Waals surface area contributed by atoms with Crippen molar-refractivity contribution in [2.75, 3.05) is 0 Å². The second-order valence-electron chi connectivity index (χ2n) is 4.61. The number of allylic oxidation sites excluding steroid dienone is 2. The molecule has 0 unspecified atom stereocenters. The highest BCUT2D eigenvalue weighted by Crippen LogP contribution is 2.31. The fraction of sp³-hybridized carbons (Fsp3) is 0.111. The number of hydrogen-bond donors (Lipinski definition) is 0. The van der Waals surface area contributed by atoms with E-state index in [1.807, 2.05) is 30.3 Å². The fourth-order valence-electron chi connectivity index (χ4n) is 2.35. The van der Waals surface area contributed by atoms with Gasteiger partial charge in [-0.3, -0.25) is 0 Å². The largest absolute Gasteiger partial charge is 0.0622 e. The second-order valence-corrected chi connectivity index (χ2v) is 4.61. The van der Waals surface area contributed by atoms with E-state index in [1.165, 1.54) is 22.3 Å². The highest BCUT2D eigenvalue weighted by Gasteiger charge is 2.16. The predicted molar refractivity (Wildman–Crippen MR) is 76.1 cm³/mol. The molecule has 1 aliphatic rings. The van der Waals surface area contributed by atoms with E-state index < -0.39 is 0 Å². The third-order valence-corrected chi connectivity index (χ3v) is 3.27. The average Bonchev–Trinajstić information content (AvgIpc) is 2.73. The van der Waals surface area contributed by atoms with Crippen LogP contribution in [0.4, 0.5) is 0 Å². The molecule has 1 aliphatic carbocycles. The van der Waals surface area contributed by atoms with Crippen molar-refractivity contribution in [2.45, 2.75) is 13.3 Å². The monoisotopic (exact) mass is 230 g/mol. The molecule has 2 aromatic carbocycles. The van der Waals surface area contributed by atoms with Gasteiger partial charge in [-0.2, -0.15) is 0 Å². The van der Waals surface area contributed by atoms with Crippen LogP contribution in [0.1, 0.15) is 23.6 Å². The Kier molecular flexibility index (Phi) is 2.74. The van der Waals surface area contributed by atoms with E-state index in [4.69, 9.17) is 0 Å². The number of benzene rings is 2. The first kappa shape index (κ1) is 10.9. The molecule has 0 heterocycles. The van der Waals surface area contributed by atoms with Gasteiger partial charge in [-0.15, -0.1) is 0 Å². The molecular formula is C18H14.